The summed E-state index contributed by atoms with van der Waals surface area (Å²) in [7, 11) is 1.39. The van der Waals surface area contributed by atoms with Crippen molar-refractivity contribution >= 4 is 5.97 Å². The van der Waals surface area contributed by atoms with Gasteiger partial charge >= 0.3 is 5.97 Å². The third-order valence-electron chi connectivity index (χ3n) is 4.14. The van der Waals surface area contributed by atoms with Crippen molar-refractivity contribution in [3.05, 3.63) is 23.2 Å². The van der Waals surface area contributed by atoms with Gasteiger partial charge in [0.15, 0.2) is 0 Å². The van der Waals surface area contributed by atoms with E-state index in [9.17, 15) is 4.79 Å². The summed E-state index contributed by atoms with van der Waals surface area (Å²) in [4.78, 5) is 14.0. The Morgan fingerprint density at radius 2 is 2.19 bits per heavy atom. The zero-order valence-electron chi connectivity index (χ0n) is 13.3. The third-order valence-corrected chi connectivity index (χ3v) is 4.14. The van der Waals surface area contributed by atoms with Gasteiger partial charge in [0, 0.05) is 0 Å². The van der Waals surface area contributed by atoms with Crippen molar-refractivity contribution in [1.82, 2.24) is 10.2 Å². The lowest BCUT2D eigenvalue weighted by molar-refractivity contribution is 0.0599. The Kier molecular flexibility index (Phi) is 5.82. The number of carbonyl (C=O) groups excluding carboxylic acids is 1. The Morgan fingerprint density at radius 1 is 1.48 bits per heavy atom. The van der Waals surface area contributed by atoms with Crippen molar-refractivity contribution in [2.24, 2.45) is 5.92 Å². The molecule has 0 aliphatic carbocycles. The highest BCUT2D eigenvalue weighted by Gasteiger charge is 2.21. The van der Waals surface area contributed by atoms with E-state index in [1.165, 1.54) is 20.0 Å². The van der Waals surface area contributed by atoms with Gasteiger partial charge in [-0.2, -0.15) is 0 Å². The number of ether oxygens (including phenoxy) is 1. The molecule has 118 valence electrons. The van der Waals surface area contributed by atoms with E-state index in [4.69, 9.17) is 9.15 Å². The van der Waals surface area contributed by atoms with E-state index in [-0.39, 0.29) is 5.97 Å². The number of rotatable bonds is 6. The van der Waals surface area contributed by atoms with Crippen LogP contribution in [-0.4, -0.2) is 44.2 Å². The summed E-state index contributed by atoms with van der Waals surface area (Å²) in [5, 5.41) is 3.42. The molecule has 5 nitrogen and oxygen atoms in total. The first-order chi connectivity index (χ1) is 10.1. The number of likely N-dealkylation sites (tertiary alicyclic amines) is 1. The minimum Gasteiger partial charge on any atom is -0.465 e. The molecule has 0 atom stereocenters. The van der Waals surface area contributed by atoms with E-state index in [1.807, 2.05) is 6.07 Å². The van der Waals surface area contributed by atoms with Crippen molar-refractivity contribution in [3.63, 3.8) is 0 Å². The van der Waals surface area contributed by atoms with Crippen LogP contribution in [0.1, 0.15) is 41.6 Å². The second-order valence-electron chi connectivity index (χ2n) is 5.70. The van der Waals surface area contributed by atoms with Gasteiger partial charge in [-0.05, 0) is 57.9 Å². The van der Waals surface area contributed by atoms with Crippen LogP contribution < -0.4 is 5.32 Å². The molecule has 0 aromatic carbocycles. The first kappa shape index (κ1) is 16.0. The topological polar surface area (TPSA) is 54.7 Å². The maximum absolute atomic E-state index is 11.6. The van der Waals surface area contributed by atoms with Crippen LogP contribution >= 0.6 is 0 Å². The number of methoxy groups -OCH3 is 1. The molecular weight excluding hydrogens is 268 g/mol. The third kappa shape index (κ3) is 4.32. The first-order valence-corrected chi connectivity index (χ1v) is 7.74. The number of carbonyl (C=O) groups is 1. The summed E-state index contributed by atoms with van der Waals surface area (Å²) in [6.07, 6.45) is 2.44. The van der Waals surface area contributed by atoms with Crippen molar-refractivity contribution in [2.75, 3.05) is 33.3 Å². The highest BCUT2D eigenvalue weighted by atomic mass is 16.5. The molecule has 1 saturated heterocycles. The monoisotopic (exact) mass is 294 g/mol. The predicted octanol–water partition coefficient (Wildman–Crippen LogP) is 2.20. The number of nitrogens with one attached hydrogen (secondary N) is 1. The molecule has 1 N–H and O–H groups in total. The zero-order valence-corrected chi connectivity index (χ0v) is 13.3. The largest absolute Gasteiger partial charge is 0.465 e. The number of piperidine rings is 1. The van der Waals surface area contributed by atoms with Crippen molar-refractivity contribution < 1.29 is 13.9 Å². The van der Waals surface area contributed by atoms with Gasteiger partial charge in [0.05, 0.1) is 13.7 Å². The SMILES string of the molecule is CCNCC1CCN(Cc2cc(C(=O)OC)c(C)o2)CC1. The molecule has 1 aliphatic rings. The number of esters is 1. The Hall–Kier alpha value is -1.33. The molecule has 5 heteroatoms. The molecule has 1 aliphatic heterocycles. The molecule has 0 amide bonds. The lowest BCUT2D eigenvalue weighted by atomic mass is 9.97. The molecular formula is C16H26N2O3. The average Bonchev–Trinajstić information content (AvgIpc) is 2.86. The quantitative estimate of drug-likeness (QED) is 0.815. The Balaban J connectivity index is 1.85. The minimum absolute atomic E-state index is 0.327. The summed E-state index contributed by atoms with van der Waals surface area (Å²) in [6, 6.07) is 1.81. The van der Waals surface area contributed by atoms with E-state index in [0.29, 0.717) is 11.3 Å². The molecule has 0 saturated carbocycles. The van der Waals surface area contributed by atoms with Gasteiger partial charge in [-0.15, -0.1) is 0 Å². The molecule has 1 fully saturated rings. The van der Waals surface area contributed by atoms with Crippen LogP contribution in [-0.2, 0) is 11.3 Å². The van der Waals surface area contributed by atoms with Gasteiger partial charge in [-0.25, -0.2) is 4.79 Å². The van der Waals surface area contributed by atoms with Gasteiger partial charge in [0.1, 0.15) is 17.1 Å². The summed E-state index contributed by atoms with van der Waals surface area (Å²) in [6.45, 7) is 9.06. The summed E-state index contributed by atoms with van der Waals surface area (Å²) in [5.41, 5.74) is 0.537. The van der Waals surface area contributed by atoms with Gasteiger partial charge in [0.2, 0.25) is 0 Å². The number of aryl methyl sites for hydroxylation is 1. The maximum Gasteiger partial charge on any atom is 0.341 e. The number of hydrogen-bond acceptors (Lipinski definition) is 5. The average molecular weight is 294 g/mol. The van der Waals surface area contributed by atoms with E-state index in [1.54, 1.807) is 6.92 Å². The molecule has 0 radical (unpaired) electrons. The zero-order chi connectivity index (χ0) is 15.2. The van der Waals surface area contributed by atoms with Crippen LogP contribution in [0.25, 0.3) is 0 Å². The first-order valence-electron chi connectivity index (χ1n) is 7.74. The highest BCUT2D eigenvalue weighted by molar-refractivity contribution is 5.90. The number of nitrogens with zero attached hydrogens (tertiary/aromatic N) is 1. The summed E-state index contributed by atoms with van der Waals surface area (Å²) in [5.74, 6) is 1.94. The highest BCUT2D eigenvalue weighted by Crippen LogP contribution is 2.21. The van der Waals surface area contributed by atoms with Crippen LogP contribution in [0.2, 0.25) is 0 Å². The molecule has 0 bridgehead atoms. The van der Waals surface area contributed by atoms with Gasteiger partial charge in [-0.3, -0.25) is 4.90 Å². The minimum atomic E-state index is -0.327. The molecule has 1 aromatic rings. The lowest BCUT2D eigenvalue weighted by Gasteiger charge is -2.31. The van der Waals surface area contributed by atoms with Crippen LogP contribution in [0.3, 0.4) is 0 Å². The maximum atomic E-state index is 11.6. The second-order valence-corrected chi connectivity index (χ2v) is 5.70. The fourth-order valence-corrected chi connectivity index (χ4v) is 2.85. The van der Waals surface area contributed by atoms with Crippen LogP contribution in [0.5, 0.6) is 0 Å². The molecule has 1 aromatic heterocycles. The van der Waals surface area contributed by atoms with E-state index >= 15 is 0 Å². The number of furan rings is 1. The van der Waals surface area contributed by atoms with E-state index in [2.05, 4.69) is 17.1 Å². The van der Waals surface area contributed by atoms with Gasteiger partial charge < -0.3 is 14.5 Å². The molecule has 21 heavy (non-hydrogen) atoms. The van der Waals surface area contributed by atoms with Crippen molar-refractivity contribution in [1.29, 1.82) is 0 Å². The van der Waals surface area contributed by atoms with Gasteiger partial charge in [-0.1, -0.05) is 6.92 Å². The molecule has 0 spiro atoms. The Bertz CT molecular complexity index is 462. The molecule has 2 heterocycles. The van der Waals surface area contributed by atoms with Crippen LogP contribution in [0.4, 0.5) is 0 Å². The predicted molar refractivity (Wildman–Crippen MR) is 81.3 cm³/mol. The van der Waals surface area contributed by atoms with Gasteiger partial charge in [0.25, 0.3) is 0 Å². The second kappa shape index (κ2) is 7.61. The van der Waals surface area contributed by atoms with Crippen LogP contribution in [0.15, 0.2) is 10.5 Å². The normalized spacial score (nSPS) is 17.1. The molecule has 0 unspecified atom stereocenters. The standard InChI is InChI=1S/C16H26N2O3/c1-4-17-10-13-5-7-18(8-6-13)11-14-9-15(12(2)21-14)16(19)20-3/h9,13,17H,4-8,10-11H2,1-3H3. The number of hydrogen-bond donors (Lipinski definition) is 1. The van der Waals surface area contributed by atoms with E-state index < -0.39 is 0 Å². The Labute approximate surface area is 126 Å². The Morgan fingerprint density at radius 3 is 2.81 bits per heavy atom. The smallest absolute Gasteiger partial charge is 0.341 e. The fraction of sp³-hybridized carbons (Fsp3) is 0.688. The lowest BCUT2D eigenvalue weighted by Crippen LogP contribution is -2.36. The summed E-state index contributed by atoms with van der Waals surface area (Å²) >= 11 is 0. The van der Waals surface area contributed by atoms with E-state index in [0.717, 1.165) is 44.4 Å². The summed E-state index contributed by atoms with van der Waals surface area (Å²) < 4.78 is 10.4. The van der Waals surface area contributed by atoms with Crippen molar-refractivity contribution in [2.45, 2.75) is 33.2 Å². The van der Waals surface area contributed by atoms with Crippen LogP contribution in [0, 0.1) is 12.8 Å². The van der Waals surface area contributed by atoms with Crippen molar-refractivity contribution in [3.8, 4) is 0 Å². The fourth-order valence-electron chi connectivity index (χ4n) is 2.85. The molecule has 2 rings (SSSR count).